The Balaban J connectivity index is 2.17. The summed E-state index contributed by atoms with van der Waals surface area (Å²) in [5.41, 5.74) is 1.49. The monoisotopic (exact) mass is 135 g/mol. The van der Waals surface area contributed by atoms with Crippen molar-refractivity contribution in [2.45, 2.75) is 12.5 Å². The molecule has 2 aliphatic rings. The third kappa shape index (κ3) is 0.948. The minimum Gasteiger partial charge on any atom is -0.311 e. The second-order valence-corrected chi connectivity index (χ2v) is 2.69. The highest BCUT2D eigenvalue weighted by atomic mass is 15.0. The zero-order valence-electron chi connectivity index (χ0n) is 5.88. The Labute approximate surface area is 61.0 Å². The summed E-state index contributed by atoms with van der Waals surface area (Å²) in [4.78, 5) is 0. The molecule has 0 aliphatic carbocycles. The molecule has 0 saturated carbocycles. The van der Waals surface area contributed by atoms with Crippen LogP contribution >= 0.6 is 0 Å². The van der Waals surface area contributed by atoms with Crippen LogP contribution in [-0.4, -0.2) is 19.1 Å². The first-order chi connectivity index (χ1) is 4.97. The summed E-state index contributed by atoms with van der Waals surface area (Å²) in [6, 6.07) is 0.443. The van der Waals surface area contributed by atoms with E-state index in [1.807, 2.05) is 6.20 Å². The van der Waals surface area contributed by atoms with Gasteiger partial charge in [-0.2, -0.15) is 0 Å². The van der Waals surface area contributed by atoms with Crippen LogP contribution in [0.3, 0.4) is 0 Å². The lowest BCUT2D eigenvalue weighted by Gasteiger charge is -2.25. The van der Waals surface area contributed by atoms with E-state index in [2.05, 4.69) is 22.8 Å². The van der Waals surface area contributed by atoms with E-state index in [0.29, 0.717) is 6.04 Å². The molecule has 2 aliphatic heterocycles. The number of nitrogens with one attached hydrogen (secondary N) is 1. The molecule has 2 heteroatoms. The molecule has 0 fully saturated rings. The summed E-state index contributed by atoms with van der Waals surface area (Å²) in [6.45, 7) is 2.05. The highest BCUT2D eigenvalue weighted by molar-refractivity contribution is 5.22. The number of hydrogen-bond acceptors (Lipinski definition) is 1. The van der Waals surface area contributed by atoms with Crippen LogP contribution in [0.25, 0.3) is 0 Å². The van der Waals surface area contributed by atoms with Gasteiger partial charge in [0.15, 0.2) is 0 Å². The van der Waals surface area contributed by atoms with Crippen molar-refractivity contribution in [1.82, 2.24) is 10.6 Å². The van der Waals surface area contributed by atoms with Crippen LogP contribution in [0.4, 0.5) is 0 Å². The fraction of sp³-hybridized carbons (Fsp3) is 0.500. The largest absolute Gasteiger partial charge is 0.311 e. The number of rotatable bonds is 0. The first kappa shape index (κ1) is 5.98. The lowest BCUT2D eigenvalue weighted by atomic mass is 9.98. The molecule has 0 saturated heterocycles. The van der Waals surface area contributed by atoms with Crippen LogP contribution in [0.2, 0.25) is 0 Å². The Morgan fingerprint density at radius 3 is 3.50 bits per heavy atom. The maximum absolute atomic E-state index is 4.34. The minimum absolute atomic E-state index is 0.443. The molecule has 2 heterocycles. The minimum atomic E-state index is 0.443. The summed E-state index contributed by atoms with van der Waals surface area (Å²) in [6.07, 6.45) is 7.40. The van der Waals surface area contributed by atoms with Crippen molar-refractivity contribution in [2.24, 2.45) is 0 Å². The second kappa shape index (κ2) is 2.46. The number of nitrogens with zero attached hydrogens (tertiary/aromatic N) is 1. The van der Waals surface area contributed by atoms with Crippen LogP contribution in [0.5, 0.6) is 0 Å². The molecule has 1 unspecified atom stereocenters. The topological polar surface area (TPSA) is 26.1 Å². The first-order valence-electron chi connectivity index (χ1n) is 3.71. The Morgan fingerprint density at radius 1 is 1.60 bits per heavy atom. The van der Waals surface area contributed by atoms with E-state index in [4.69, 9.17) is 0 Å². The highest BCUT2D eigenvalue weighted by Crippen LogP contribution is 2.15. The van der Waals surface area contributed by atoms with Crippen molar-refractivity contribution in [1.29, 1.82) is 0 Å². The maximum atomic E-state index is 4.34. The molecule has 0 aromatic heterocycles. The van der Waals surface area contributed by atoms with Gasteiger partial charge in [-0.05, 0) is 12.0 Å². The van der Waals surface area contributed by atoms with E-state index >= 15 is 0 Å². The lowest BCUT2D eigenvalue weighted by molar-refractivity contribution is 0.544. The SMILES string of the molecule is C1=C[N]C2CNCC=C2C1. The molecule has 0 spiro atoms. The number of allylic oxidation sites excluding steroid dienone is 1. The molecule has 0 bridgehead atoms. The summed E-state index contributed by atoms with van der Waals surface area (Å²) < 4.78 is 0. The predicted molar refractivity (Wildman–Crippen MR) is 40.6 cm³/mol. The van der Waals surface area contributed by atoms with E-state index in [1.54, 1.807) is 0 Å². The highest BCUT2D eigenvalue weighted by Gasteiger charge is 2.17. The molecule has 1 atom stereocenters. The van der Waals surface area contributed by atoms with E-state index in [-0.39, 0.29) is 0 Å². The molecule has 0 aromatic carbocycles. The quantitative estimate of drug-likeness (QED) is 0.478. The van der Waals surface area contributed by atoms with E-state index < -0.39 is 0 Å². The van der Waals surface area contributed by atoms with Gasteiger partial charge < -0.3 is 5.32 Å². The van der Waals surface area contributed by atoms with Crippen molar-refractivity contribution in [2.75, 3.05) is 13.1 Å². The van der Waals surface area contributed by atoms with Crippen molar-refractivity contribution in [3.8, 4) is 0 Å². The Morgan fingerprint density at radius 2 is 2.60 bits per heavy atom. The first-order valence-corrected chi connectivity index (χ1v) is 3.71. The molecule has 10 heavy (non-hydrogen) atoms. The third-order valence-electron chi connectivity index (χ3n) is 2.00. The molecule has 2 nitrogen and oxygen atoms in total. The van der Waals surface area contributed by atoms with Gasteiger partial charge in [0, 0.05) is 19.3 Å². The standard InChI is InChI=1S/C8H11N2/c1-2-7-3-5-9-6-8(7)10-4-1/h1,3-4,8-9H,2,5-6H2. The van der Waals surface area contributed by atoms with Crippen LogP contribution in [0.15, 0.2) is 23.9 Å². The van der Waals surface area contributed by atoms with Crippen LogP contribution < -0.4 is 10.6 Å². The maximum Gasteiger partial charge on any atom is 0.0836 e. The van der Waals surface area contributed by atoms with E-state index in [9.17, 15) is 0 Å². The Kier molecular flexibility index (Phi) is 1.47. The van der Waals surface area contributed by atoms with Crippen molar-refractivity contribution >= 4 is 0 Å². The van der Waals surface area contributed by atoms with Gasteiger partial charge in [-0.1, -0.05) is 12.2 Å². The lowest BCUT2D eigenvalue weighted by Crippen LogP contribution is -2.39. The molecular weight excluding hydrogens is 124 g/mol. The smallest absolute Gasteiger partial charge is 0.0836 e. The summed E-state index contributed by atoms with van der Waals surface area (Å²) in [5.74, 6) is 0. The normalized spacial score (nSPS) is 30.4. The Bertz CT molecular complexity index is 182. The van der Waals surface area contributed by atoms with Gasteiger partial charge in [-0.3, -0.25) is 5.32 Å². The van der Waals surface area contributed by atoms with E-state index in [0.717, 1.165) is 19.5 Å². The molecule has 1 N–H and O–H groups in total. The number of hydrogen-bond donors (Lipinski definition) is 1. The van der Waals surface area contributed by atoms with Crippen molar-refractivity contribution in [3.63, 3.8) is 0 Å². The van der Waals surface area contributed by atoms with Gasteiger partial charge in [0.1, 0.15) is 0 Å². The average molecular weight is 135 g/mol. The van der Waals surface area contributed by atoms with Crippen molar-refractivity contribution < 1.29 is 0 Å². The second-order valence-electron chi connectivity index (χ2n) is 2.69. The average Bonchev–Trinajstić information content (AvgIpc) is 2.05. The van der Waals surface area contributed by atoms with Gasteiger partial charge in [0.25, 0.3) is 0 Å². The van der Waals surface area contributed by atoms with Crippen molar-refractivity contribution in [3.05, 3.63) is 23.9 Å². The molecule has 0 amide bonds. The fourth-order valence-corrected chi connectivity index (χ4v) is 1.41. The van der Waals surface area contributed by atoms with Gasteiger partial charge in [-0.25, -0.2) is 0 Å². The predicted octanol–water partition coefficient (Wildman–Crippen LogP) is 0.406. The van der Waals surface area contributed by atoms with Crippen LogP contribution in [0.1, 0.15) is 6.42 Å². The molecule has 1 radical (unpaired) electrons. The zero-order valence-corrected chi connectivity index (χ0v) is 5.88. The van der Waals surface area contributed by atoms with Gasteiger partial charge in [0.2, 0.25) is 0 Å². The van der Waals surface area contributed by atoms with Gasteiger partial charge in [-0.15, -0.1) is 0 Å². The summed E-state index contributed by atoms with van der Waals surface area (Å²) in [5, 5.41) is 7.62. The molecule has 53 valence electrons. The third-order valence-corrected chi connectivity index (χ3v) is 2.00. The summed E-state index contributed by atoms with van der Waals surface area (Å²) in [7, 11) is 0. The van der Waals surface area contributed by atoms with Gasteiger partial charge >= 0.3 is 0 Å². The van der Waals surface area contributed by atoms with E-state index in [1.165, 1.54) is 5.57 Å². The summed E-state index contributed by atoms with van der Waals surface area (Å²) >= 11 is 0. The molecule has 0 aromatic rings. The molecular formula is C8H11N2. The zero-order chi connectivity index (χ0) is 6.81. The Hall–Kier alpha value is -0.760. The van der Waals surface area contributed by atoms with Gasteiger partial charge in [0.05, 0.1) is 6.04 Å². The van der Waals surface area contributed by atoms with Crippen LogP contribution in [0, 0.1) is 0 Å². The van der Waals surface area contributed by atoms with Crippen LogP contribution in [-0.2, 0) is 0 Å². The number of fused-ring (bicyclic) bond motifs is 1. The fourth-order valence-electron chi connectivity index (χ4n) is 1.41. The molecule has 2 rings (SSSR count).